The summed E-state index contributed by atoms with van der Waals surface area (Å²) < 4.78 is 15.3. The fraction of sp³-hybridized carbons (Fsp3) is 0.304. The highest BCUT2D eigenvalue weighted by Crippen LogP contribution is 2.37. The Morgan fingerprint density at radius 2 is 1.94 bits per heavy atom. The Morgan fingerprint density at radius 1 is 1.23 bits per heavy atom. The topological polar surface area (TPSA) is 95.0 Å². The van der Waals surface area contributed by atoms with Gasteiger partial charge in [0.05, 0.1) is 17.6 Å². The van der Waals surface area contributed by atoms with Crippen LogP contribution < -0.4 is 4.90 Å². The zero-order valence-corrected chi connectivity index (χ0v) is 17.5. The third-order valence-electron chi connectivity index (χ3n) is 5.28. The van der Waals surface area contributed by atoms with Gasteiger partial charge in [0.2, 0.25) is 5.95 Å². The SMILES string of the molecule is CC(=O)O.Cn1cncc1C1CCN(c2c(C#N)cccc2-c2ccc(F)nc2)CC1. The standard InChI is InChI=1S/C21H20FN5.C2H4O2/c1-26-14-24-13-19(26)15-7-9-27(10-8-15)21-16(11-23)3-2-4-18(21)17-5-6-20(22)25-12-17;1-2(3)4/h2-6,12-15H,7-10H2,1H3;1H3,(H,3,4). The number of carbonyl (C=O) groups is 1. The molecular formula is C23H24FN5O2. The van der Waals surface area contributed by atoms with E-state index < -0.39 is 11.9 Å². The van der Waals surface area contributed by atoms with E-state index in [1.807, 2.05) is 37.8 Å². The second kappa shape index (κ2) is 9.85. The Morgan fingerprint density at radius 3 is 2.48 bits per heavy atom. The number of carboxylic acids is 1. The summed E-state index contributed by atoms with van der Waals surface area (Å²) in [6, 6.07) is 11.1. The molecule has 0 amide bonds. The number of hydrogen-bond donors (Lipinski definition) is 1. The van der Waals surface area contributed by atoms with Gasteiger partial charge in [-0.2, -0.15) is 9.65 Å². The highest BCUT2D eigenvalue weighted by molar-refractivity contribution is 5.82. The van der Waals surface area contributed by atoms with Crippen molar-refractivity contribution >= 4 is 11.7 Å². The molecule has 0 radical (unpaired) electrons. The molecule has 1 aliphatic heterocycles. The van der Waals surface area contributed by atoms with Crippen LogP contribution in [0.5, 0.6) is 0 Å². The van der Waals surface area contributed by atoms with Crippen LogP contribution in [0.1, 0.15) is 36.9 Å². The molecule has 3 heterocycles. The summed E-state index contributed by atoms with van der Waals surface area (Å²) in [5.74, 6) is -0.868. The van der Waals surface area contributed by atoms with E-state index >= 15 is 0 Å². The second-order valence-electron chi connectivity index (χ2n) is 7.39. The molecule has 1 aromatic carbocycles. The molecule has 4 rings (SSSR count). The van der Waals surface area contributed by atoms with Crippen LogP contribution >= 0.6 is 0 Å². The van der Waals surface area contributed by atoms with Crippen LogP contribution in [0.4, 0.5) is 10.1 Å². The maximum absolute atomic E-state index is 13.2. The van der Waals surface area contributed by atoms with Crippen molar-refractivity contribution in [3.8, 4) is 17.2 Å². The van der Waals surface area contributed by atoms with Gasteiger partial charge in [-0.3, -0.25) is 4.79 Å². The minimum atomic E-state index is -0.833. The van der Waals surface area contributed by atoms with E-state index in [4.69, 9.17) is 9.90 Å². The Labute approximate surface area is 180 Å². The fourth-order valence-electron chi connectivity index (χ4n) is 3.90. The number of benzene rings is 1. The first-order valence-electron chi connectivity index (χ1n) is 9.96. The summed E-state index contributed by atoms with van der Waals surface area (Å²) in [5.41, 5.74) is 4.54. The molecule has 0 aliphatic carbocycles. The molecule has 1 aliphatic rings. The van der Waals surface area contributed by atoms with Crippen molar-refractivity contribution in [1.82, 2.24) is 14.5 Å². The maximum Gasteiger partial charge on any atom is 0.300 e. The largest absolute Gasteiger partial charge is 0.481 e. The molecule has 3 aromatic rings. The molecule has 160 valence electrons. The normalized spacial score (nSPS) is 13.8. The van der Waals surface area contributed by atoms with Gasteiger partial charge >= 0.3 is 0 Å². The predicted molar refractivity (Wildman–Crippen MR) is 115 cm³/mol. The molecule has 31 heavy (non-hydrogen) atoms. The number of carboxylic acid groups (broad SMARTS) is 1. The first kappa shape index (κ1) is 22.0. The van der Waals surface area contributed by atoms with E-state index in [1.54, 1.807) is 6.07 Å². The zero-order chi connectivity index (χ0) is 22.4. The molecule has 0 atom stereocenters. The lowest BCUT2D eigenvalue weighted by Gasteiger charge is -2.35. The van der Waals surface area contributed by atoms with Gasteiger partial charge in [-0.15, -0.1) is 0 Å². The molecule has 1 fully saturated rings. The number of aromatic nitrogens is 3. The van der Waals surface area contributed by atoms with Crippen LogP contribution in [0.25, 0.3) is 11.1 Å². The van der Waals surface area contributed by atoms with Crippen molar-refractivity contribution in [3.05, 3.63) is 66.3 Å². The lowest BCUT2D eigenvalue weighted by Crippen LogP contribution is -2.34. The summed E-state index contributed by atoms with van der Waals surface area (Å²) in [4.78, 5) is 19.3. The Kier molecular flexibility index (Phi) is 6.98. The lowest BCUT2D eigenvalue weighted by molar-refractivity contribution is -0.134. The summed E-state index contributed by atoms with van der Waals surface area (Å²) in [7, 11) is 2.03. The zero-order valence-electron chi connectivity index (χ0n) is 17.5. The van der Waals surface area contributed by atoms with Crippen LogP contribution in [0.15, 0.2) is 49.1 Å². The number of nitrogens with zero attached hydrogens (tertiary/aromatic N) is 5. The van der Waals surface area contributed by atoms with Crippen molar-refractivity contribution in [3.63, 3.8) is 0 Å². The van der Waals surface area contributed by atoms with Crippen molar-refractivity contribution in [2.45, 2.75) is 25.7 Å². The number of halogens is 1. The van der Waals surface area contributed by atoms with Crippen LogP contribution in [-0.4, -0.2) is 38.7 Å². The van der Waals surface area contributed by atoms with Crippen molar-refractivity contribution in [1.29, 1.82) is 5.26 Å². The van der Waals surface area contributed by atoms with Crippen LogP contribution in [0, 0.1) is 17.3 Å². The first-order chi connectivity index (χ1) is 14.9. The molecule has 2 aromatic heterocycles. The first-order valence-corrected chi connectivity index (χ1v) is 9.96. The van der Waals surface area contributed by atoms with Gasteiger partial charge in [0.15, 0.2) is 0 Å². The van der Waals surface area contributed by atoms with E-state index in [0.717, 1.165) is 49.7 Å². The molecule has 0 spiro atoms. The monoisotopic (exact) mass is 421 g/mol. The quantitative estimate of drug-likeness (QED) is 0.643. The van der Waals surface area contributed by atoms with Crippen LogP contribution in [-0.2, 0) is 11.8 Å². The number of rotatable bonds is 3. The van der Waals surface area contributed by atoms with E-state index in [1.165, 1.54) is 18.0 Å². The molecule has 1 N–H and O–H groups in total. The van der Waals surface area contributed by atoms with Crippen molar-refractivity contribution in [2.75, 3.05) is 18.0 Å². The number of nitriles is 1. The number of imidazole rings is 1. The number of piperidine rings is 1. The highest BCUT2D eigenvalue weighted by atomic mass is 19.1. The van der Waals surface area contributed by atoms with Gasteiger partial charge in [-0.1, -0.05) is 12.1 Å². The summed E-state index contributed by atoms with van der Waals surface area (Å²) in [6.45, 7) is 2.80. The van der Waals surface area contributed by atoms with Gasteiger partial charge in [-0.05, 0) is 31.0 Å². The Bertz CT molecular complexity index is 1080. The molecule has 0 bridgehead atoms. The molecule has 8 heteroatoms. The number of pyridine rings is 1. The minimum absolute atomic E-state index is 0.471. The Balaban J connectivity index is 0.000000628. The third kappa shape index (κ3) is 5.25. The molecule has 7 nitrogen and oxygen atoms in total. The molecule has 0 unspecified atom stereocenters. The number of aliphatic carboxylic acids is 1. The number of hydrogen-bond acceptors (Lipinski definition) is 5. The molecule has 1 saturated heterocycles. The molecular weight excluding hydrogens is 397 g/mol. The smallest absolute Gasteiger partial charge is 0.300 e. The number of anilines is 1. The van der Waals surface area contributed by atoms with Gasteiger partial charge in [-0.25, -0.2) is 9.97 Å². The number of para-hydroxylation sites is 1. The average molecular weight is 421 g/mol. The second-order valence-corrected chi connectivity index (χ2v) is 7.39. The van der Waals surface area contributed by atoms with Crippen molar-refractivity contribution in [2.24, 2.45) is 7.05 Å². The van der Waals surface area contributed by atoms with Gasteiger partial charge in [0.1, 0.15) is 6.07 Å². The van der Waals surface area contributed by atoms with E-state index in [-0.39, 0.29) is 0 Å². The molecule has 0 saturated carbocycles. The van der Waals surface area contributed by atoms with E-state index in [0.29, 0.717) is 11.5 Å². The van der Waals surface area contributed by atoms with Crippen molar-refractivity contribution < 1.29 is 14.3 Å². The van der Waals surface area contributed by atoms with Gasteiger partial charge < -0.3 is 14.6 Å². The summed E-state index contributed by atoms with van der Waals surface area (Å²) >= 11 is 0. The highest BCUT2D eigenvalue weighted by Gasteiger charge is 2.25. The summed E-state index contributed by atoms with van der Waals surface area (Å²) in [5, 5.41) is 17.1. The minimum Gasteiger partial charge on any atom is -0.481 e. The van der Waals surface area contributed by atoms with Gasteiger partial charge in [0, 0.05) is 62.2 Å². The number of aryl methyl sites for hydroxylation is 1. The summed E-state index contributed by atoms with van der Waals surface area (Å²) in [6.07, 6.45) is 7.31. The van der Waals surface area contributed by atoms with Crippen LogP contribution in [0.3, 0.4) is 0 Å². The fourth-order valence-corrected chi connectivity index (χ4v) is 3.90. The lowest BCUT2D eigenvalue weighted by atomic mass is 9.92. The average Bonchev–Trinajstić information content (AvgIpc) is 3.19. The third-order valence-corrected chi connectivity index (χ3v) is 5.28. The van der Waals surface area contributed by atoms with E-state index in [2.05, 4.69) is 25.5 Å². The predicted octanol–water partition coefficient (Wildman–Crippen LogP) is 3.97. The van der Waals surface area contributed by atoms with Gasteiger partial charge in [0.25, 0.3) is 5.97 Å². The maximum atomic E-state index is 13.2. The van der Waals surface area contributed by atoms with E-state index in [9.17, 15) is 9.65 Å². The van der Waals surface area contributed by atoms with Crippen LogP contribution in [0.2, 0.25) is 0 Å². The Hall–Kier alpha value is -3.73.